The third-order valence-electron chi connectivity index (χ3n) is 3.66. The summed E-state index contributed by atoms with van der Waals surface area (Å²) in [5.74, 6) is -1.12. The Labute approximate surface area is 122 Å². The summed E-state index contributed by atoms with van der Waals surface area (Å²) in [5, 5.41) is 10.9. The van der Waals surface area contributed by atoms with Gasteiger partial charge in [-0.25, -0.2) is 4.79 Å². The first-order valence-electron chi connectivity index (χ1n) is 6.66. The second kappa shape index (κ2) is 6.37. The number of aliphatic carboxylic acids is 1. The molecule has 1 saturated heterocycles. The Hall–Kier alpha value is -1.40. The summed E-state index contributed by atoms with van der Waals surface area (Å²) in [5.41, 5.74) is 0. The molecule has 1 aromatic rings. The minimum absolute atomic E-state index is 0.0635. The summed E-state index contributed by atoms with van der Waals surface area (Å²) in [4.78, 5) is 26.0. The van der Waals surface area contributed by atoms with Gasteiger partial charge in [0.2, 0.25) is 0 Å². The Bertz CT molecular complexity index is 474. The van der Waals surface area contributed by atoms with Crippen molar-refractivity contribution in [2.75, 3.05) is 7.05 Å². The second-order valence-corrected chi connectivity index (χ2v) is 6.14. The zero-order valence-corrected chi connectivity index (χ0v) is 12.4. The van der Waals surface area contributed by atoms with E-state index in [-0.39, 0.29) is 11.9 Å². The van der Waals surface area contributed by atoms with Gasteiger partial charge >= 0.3 is 5.97 Å². The monoisotopic (exact) mass is 297 g/mol. The van der Waals surface area contributed by atoms with Crippen molar-refractivity contribution in [3.05, 3.63) is 22.4 Å². The third kappa shape index (κ3) is 3.37. The van der Waals surface area contributed by atoms with Crippen LogP contribution in [0.15, 0.2) is 17.5 Å². The number of hydrogen-bond donors (Lipinski definition) is 1. The normalized spacial score (nSPS) is 23.5. The van der Waals surface area contributed by atoms with Crippen LogP contribution < -0.4 is 0 Å². The van der Waals surface area contributed by atoms with E-state index in [1.165, 1.54) is 4.88 Å². The van der Waals surface area contributed by atoms with E-state index in [1.54, 1.807) is 23.3 Å². The van der Waals surface area contributed by atoms with Gasteiger partial charge in [-0.3, -0.25) is 4.79 Å². The molecule has 6 heteroatoms. The highest BCUT2D eigenvalue weighted by molar-refractivity contribution is 7.09. The van der Waals surface area contributed by atoms with Gasteiger partial charge in [-0.1, -0.05) is 6.07 Å². The number of likely N-dealkylation sites (N-methyl/N-ethyl adjacent to an activating group) is 1. The standard InChI is InChI=1S/C14H19NO4S/c1-9(8-10-4-3-7-20-10)15(2)13(16)11-5-6-12(19-11)14(17)18/h3-4,7,9,11-12H,5-6,8H2,1-2H3,(H,17,18)/t9?,11-,12+/m0/s1. The van der Waals surface area contributed by atoms with E-state index in [0.717, 1.165) is 6.42 Å². The van der Waals surface area contributed by atoms with Crippen LogP contribution in [0.25, 0.3) is 0 Å². The first-order valence-corrected chi connectivity index (χ1v) is 7.54. The van der Waals surface area contributed by atoms with Crippen molar-refractivity contribution in [2.45, 2.75) is 44.4 Å². The molecule has 0 radical (unpaired) electrons. The molecule has 0 spiro atoms. The van der Waals surface area contributed by atoms with Crippen molar-refractivity contribution in [3.63, 3.8) is 0 Å². The minimum atomic E-state index is -0.991. The van der Waals surface area contributed by atoms with Crippen LogP contribution in [0.3, 0.4) is 0 Å². The van der Waals surface area contributed by atoms with E-state index in [2.05, 4.69) is 0 Å². The van der Waals surface area contributed by atoms with Gasteiger partial charge in [0.15, 0.2) is 6.10 Å². The second-order valence-electron chi connectivity index (χ2n) is 5.11. The van der Waals surface area contributed by atoms with Gasteiger partial charge in [-0.2, -0.15) is 0 Å². The van der Waals surface area contributed by atoms with Crippen molar-refractivity contribution >= 4 is 23.2 Å². The van der Waals surface area contributed by atoms with Crippen LogP contribution in [0.1, 0.15) is 24.6 Å². The first-order chi connectivity index (χ1) is 9.49. The summed E-state index contributed by atoms with van der Waals surface area (Å²) in [7, 11) is 1.75. The van der Waals surface area contributed by atoms with Crippen LogP contribution in [-0.4, -0.2) is 47.2 Å². The van der Waals surface area contributed by atoms with Crippen LogP contribution in [0.4, 0.5) is 0 Å². The number of carbonyl (C=O) groups excluding carboxylic acids is 1. The average molecular weight is 297 g/mol. The first kappa shape index (κ1) is 15.0. The minimum Gasteiger partial charge on any atom is -0.479 e. The molecule has 20 heavy (non-hydrogen) atoms. The molecular weight excluding hydrogens is 278 g/mol. The fourth-order valence-electron chi connectivity index (χ4n) is 2.30. The number of rotatable bonds is 5. The molecule has 3 atom stereocenters. The highest BCUT2D eigenvalue weighted by Gasteiger charge is 2.36. The predicted molar refractivity (Wildman–Crippen MR) is 75.8 cm³/mol. The van der Waals surface area contributed by atoms with E-state index in [1.807, 2.05) is 24.4 Å². The molecule has 2 rings (SSSR count). The molecule has 5 nitrogen and oxygen atoms in total. The zero-order valence-electron chi connectivity index (χ0n) is 11.6. The van der Waals surface area contributed by atoms with Gasteiger partial charge in [-0.15, -0.1) is 11.3 Å². The Morgan fingerprint density at radius 2 is 2.20 bits per heavy atom. The Kier molecular flexibility index (Phi) is 4.77. The van der Waals surface area contributed by atoms with Gasteiger partial charge in [0.25, 0.3) is 5.91 Å². The van der Waals surface area contributed by atoms with Crippen molar-refractivity contribution in [3.8, 4) is 0 Å². The number of carboxylic acids is 1. The molecule has 1 aromatic heterocycles. The van der Waals surface area contributed by atoms with E-state index in [4.69, 9.17) is 9.84 Å². The molecule has 0 bridgehead atoms. The lowest BCUT2D eigenvalue weighted by atomic mass is 10.1. The molecule has 110 valence electrons. The fraction of sp³-hybridized carbons (Fsp3) is 0.571. The summed E-state index contributed by atoms with van der Waals surface area (Å²) in [6.07, 6.45) is 0.219. The predicted octanol–water partition coefficient (Wildman–Crippen LogP) is 1.77. The maximum Gasteiger partial charge on any atom is 0.332 e. The largest absolute Gasteiger partial charge is 0.479 e. The Balaban J connectivity index is 1.90. The van der Waals surface area contributed by atoms with Crippen LogP contribution in [0, 0.1) is 0 Å². The zero-order chi connectivity index (χ0) is 14.7. The lowest BCUT2D eigenvalue weighted by Gasteiger charge is -2.27. The van der Waals surface area contributed by atoms with E-state index in [0.29, 0.717) is 12.8 Å². The van der Waals surface area contributed by atoms with Gasteiger partial charge < -0.3 is 14.7 Å². The molecule has 1 amide bonds. The van der Waals surface area contributed by atoms with E-state index < -0.39 is 18.2 Å². The summed E-state index contributed by atoms with van der Waals surface area (Å²) >= 11 is 1.67. The van der Waals surface area contributed by atoms with E-state index >= 15 is 0 Å². The molecule has 0 saturated carbocycles. The van der Waals surface area contributed by atoms with Crippen LogP contribution in [-0.2, 0) is 20.7 Å². The van der Waals surface area contributed by atoms with Crippen molar-refractivity contribution < 1.29 is 19.4 Å². The van der Waals surface area contributed by atoms with Crippen LogP contribution in [0.5, 0.6) is 0 Å². The van der Waals surface area contributed by atoms with Gasteiger partial charge in [0.05, 0.1) is 0 Å². The van der Waals surface area contributed by atoms with Crippen molar-refractivity contribution in [1.82, 2.24) is 4.90 Å². The highest BCUT2D eigenvalue weighted by Crippen LogP contribution is 2.22. The molecule has 1 N–H and O–H groups in total. The number of amides is 1. The molecule has 2 heterocycles. The number of hydrogen-bond acceptors (Lipinski definition) is 4. The van der Waals surface area contributed by atoms with Crippen LogP contribution >= 0.6 is 11.3 Å². The summed E-state index contributed by atoms with van der Waals surface area (Å²) in [6, 6.07) is 4.10. The quantitative estimate of drug-likeness (QED) is 0.899. The Morgan fingerprint density at radius 1 is 1.50 bits per heavy atom. The number of ether oxygens (including phenoxy) is 1. The summed E-state index contributed by atoms with van der Waals surface area (Å²) in [6.45, 7) is 1.99. The SMILES string of the molecule is CC(Cc1cccs1)N(C)C(=O)[C@@H]1CC[C@H](C(=O)O)O1. The van der Waals surface area contributed by atoms with Crippen LogP contribution in [0.2, 0.25) is 0 Å². The Morgan fingerprint density at radius 3 is 2.75 bits per heavy atom. The molecule has 0 aliphatic carbocycles. The third-order valence-corrected chi connectivity index (χ3v) is 4.55. The molecule has 1 fully saturated rings. The lowest BCUT2D eigenvalue weighted by Crippen LogP contribution is -2.42. The van der Waals surface area contributed by atoms with Gasteiger partial charge in [0, 0.05) is 24.4 Å². The number of nitrogens with zero attached hydrogens (tertiary/aromatic N) is 1. The highest BCUT2D eigenvalue weighted by atomic mass is 32.1. The fourth-order valence-corrected chi connectivity index (χ4v) is 3.13. The molecule has 0 aromatic carbocycles. The average Bonchev–Trinajstić information content (AvgIpc) is 3.07. The van der Waals surface area contributed by atoms with E-state index in [9.17, 15) is 9.59 Å². The number of carbonyl (C=O) groups is 2. The maximum absolute atomic E-state index is 12.3. The smallest absolute Gasteiger partial charge is 0.332 e. The van der Waals surface area contributed by atoms with Gasteiger partial charge in [0.1, 0.15) is 6.10 Å². The maximum atomic E-state index is 12.3. The molecular formula is C14H19NO4S. The molecule has 1 unspecified atom stereocenters. The molecule has 1 aliphatic rings. The number of thiophene rings is 1. The molecule has 1 aliphatic heterocycles. The topological polar surface area (TPSA) is 66.8 Å². The number of carboxylic acid groups (broad SMARTS) is 1. The lowest BCUT2D eigenvalue weighted by molar-refractivity contribution is -0.154. The van der Waals surface area contributed by atoms with Crippen molar-refractivity contribution in [1.29, 1.82) is 0 Å². The summed E-state index contributed by atoms with van der Waals surface area (Å²) < 4.78 is 5.30. The van der Waals surface area contributed by atoms with Gasteiger partial charge in [-0.05, 0) is 31.2 Å². The van der Waals surface area contributed by atoms with Crippen molar-refractivity contribution in [2.24, 2.45) is 0 Å².